The summed E-state index contributed by atoms with van der Waals surface area (Å²) in [4.78, 5) is 6.08. The van der Waals surface area contributed by atoms with E-state index in [2.05, 4.69) is 4.98 Å². The molecule has 8 heteroatoms. The minimum atomic E-state index is -3.49. The quantitative estimate of drug-likeness (QED) is 0.912. The molecular formula is C11H15N3O2S3. The molecule has 2 aromatic heterocycles. The Morgan fingerprint density at radius 1 is 1.37 bits per heavy atom. The molecule has 19 heavy (non-hydrogen) atoms. The van der Waals surface area contributed by atoms with Crippen molar-refractivity contribution in [2.75, 3.05) is 7.05 Å². The Bertz CT molecular complexity index is 660. The Morgan fingerprint density at radius 2 is 2.11 bits per heavy atom. The molecule has 0 aliphatic rings. The summed E-state index contributed by atoms with van der Waals surface area (Å²) in [6.07, 6.45) is 0. The summed E-state index contributed by atoms with van der Waals surface area (Å²) in [5, 5.41) is 1.75. The van der Waals surface area contributed by atoms with Crippen LogP contribution < -0.4 is 5.73 Å². The maximum absolute atomic E-state index is 12.5. The molecule has 0 spiro atoms. The maximum atomic E-state index is 12.5. The molecule has 2 heterocycles. The van der Waals surface area contributed by atoms with Gasteiger partial charge in [0.15, 0.2) is 0 Å². The second kappa shape index (κ2) is 5.68. The first-order chi connectivity index (χ1) is 8.96. The van der Waals surface area contributed by atoms with Crippen molar-refractivity contribution in [1.82, 2.24) is 9.29 Å². The van der Waals surface area contributed by atoms with Gasteiger partial charge in [0.25, 0.3) is 0 Å². The molecule has 0 aliphatic heterocycles. The summed E-state index contributed by atoms with van der Waals surface area (Å²) in [6.45, 7) is 2.44. The predicted molar refractivity (Wildman–Crippen MR) is 77.7 cm³/mol. The summed E-state index contributed by atoms with van der Waals surface area (Å²) < 4.78 is 26.3. The Kier molecular flexibility index (Phi) is 4.36. The molecule has 0 radical (unpaired) electrons. The third-order valence-corrected chi connectivity index (χ3v) is 6.67. The van der Waals surface area contributed by atoms with E-state index in [9.17, 15) is 8.42 Å². The highest BCUT2D eigenvalue weighted by Gasteiger charge is 2.25. The highest BCUT2D eigenvalue weighted by Crippen LogP contribution is 2.26. The van der Waals surface area contributed by atoms with Gasteiger partial charge in [0.2, 0.25) is 10.0 Å². The second-order valence-electron chi connectivity index (χ2n) is 4.03. The average Bonchev–Trinajstić information content (AvgIpc) is 2.98. The van der Waals surface area contributed by atoms with E-state index >= 15 is 0 Å². The van der Waals surface area contributed by atoms with Gasteiger partial charge in [0, 0.05) is 29.9 Å². The van der Waals surface area contributed by atoms with E-state index in [0.717, 1.165) is 10.6 Å². The van der Waals surface area contributed by atoms with Crippen molar-refractivity contribution in [3.05, 3.63) is 32.4 Å². The van der Waals surface area contributed by atoms with Gasteiger partial charge in [-0.3, -0.25) is 0 Å². The van der Waals surface area contributed by atoms with Gasteiger partial charge in [-0.25, -0.2) is 13.4 Å². The van der Waals surface area contributed by atoms with E-state index in [-0.39, 0.29) is 6.54 Å². The number of aryl methyl sites for hydroxylation is 1. The summed E-state index contributed by atoms with van der Waals surface area (Å²) >= 11 is 2.83. The van der Waals surface area contributed by atoms with Crippen LogP contribution in [0.25, 0.3) is 0 Å². The number of hydrogen-bond donors (Lipinski definition) is 1. The van der Waals surface area contributed by atoms with Crippen molar-refractivity contribution < 1.29 is 8.42 Å². The van der Waals surface area contributed by atoms with Gasteiger partial charge >= 0.3 is 0 Å². The molecule has 0 bridgehead atoms. The van der Waals surface area contributed by atoms with E-state index in [1.807, 2.05) is 6.92 Å². The van der Waals surface area contributed by atoms with Crippen LogP contribution in [0.15, 0.2) is 21.9 Å². The minimum absolute atomic E-state index is 0.236. The van der Waals surface area contributed by atoms with Crippen LogP contribution in [0.4, 0.5) is 0 Å². The molecular weight excluding hydrogens is 302 g/mol. The number of thiazole rings is 1. The molecule has 0 atom stereocenters. The van der Waals surface area contributed by atoms with E-state index in [0.29, 0.717) is 16.3 Å². The zero-order valence-electron chi connectivity index (χ0n) is 10.7. The monoisotopic (exact) mass is 317 g/mol. The van der Waals surface area contributed by atoms with Crippen LogP contribution >= 0.6 is 22.7 Å². The van der Waals surface area contributed by atoms with Crippen molar-refractivity contribution in [3.63, 3.8) is 0 Å². The fourth-order valence-corrected chi connectivity index (χ4v) is 4.99. The van der Waals surface area contributed by atoms with Gasteiger partial charge < -0.3 is 5.73 Å². The van der Waals surface area contributed by atoms with Crippen LogP contribution in [0.1, 0.15) is 15.4 Å². The number of nitrogens with two attached hydrogens (primary N) is 1. The van der Waals surface area contributed by atoms with Gasteiger partial charge in [0.05, 0.1) is 16.1 Å². The van der Waals surface area contributed by atoms with Crippen LogP contribution in [-0.2, 0) is 23.1 Å². The van der Waals surface area contributed by atoms with E-state index in [1.54, 1.807) is 24.0 Å². The largest absolute Gasteiger partial charge is 0.326 e. The molecule has 0 saturated carbocycles. The molecule has 0 saturated heterocycles. The Labute approximate surface area is 120 Å². The second-order valence-corrected chi connectivity index (χ2v) is 7.99. The van der Waals surface area contributed by atoms with Crippen molar-refractivity contribution in [1.29, 1.82) is 0 Å². The molecule has 0 amide bonds. The predicted octanol–water partition coefficient (Wildman–Crippen LogP) is 1.79. The normalized spacial score (nSPS) is 12.2. The van der Waals surface area contributed by atoms with Crippen LogP contribution in [0, 0.1) is 6.92 Å². The van der Waals surface area contributed by atoms with Crippen LogP contribution in [0.5, 0.6) is 0 Å². The summed E-state index contributed by atoms with van der Waals surface area (Å²) in [5.74, 6) is 0. The van der Waals surface area contributed by atoms with Crippen LogP contribution in [0.2, 0.25) is 0 Å². The van der Waals surface area contributed by atoms with Crippen molar-refractivity contribution in [2.24, 2.45) is 5.73 Å². The van der Waals surface area contributed by atoms with E-state index in [1.165, 1.54) is 27.0 Å². The number of hydrogen-bond acceptors (Lipinski definition) is 6. The summed E-state index contributed by atoms with van der Waals surface area (Å²) in [7, 11) is -1.91. The Morgan fingerprint density at radius 3 is 2.68 bits per heavy atom. The summed E-state index contributed by atoms with van der Waals surface area (Å²) in [6, 6.07) is 1.61. The molecule has 104 valence electrons. The third kappa shape index (κ3) is 2.87. The van der Waals surface area contributed by atoms with Gasteiger partial charge in [-0.1, -0.05) is 0 Å². The first kappa shape index (κ1) is 14.6. The molecule has 2 aromatic rings. The standard InChI is InChI=1S/C11H15N3O2S3/c1-8-10(18-7-13-8)6-14(2)19(15,16)11-3-4-17-9(11)5-12/h3-4,7H,5-6,12H2,1-2H3. The molecule has 2 N–H and O–H groups in total. The molecule has 5 nitrogen and oxygen atoms in total. The van der Waals surface area contributed by atoms with Crippen molar-refractivity contribution >= 4 is 32.7 Å². The Balaban J connectivity index is 2.27. The fourth-order valence-electron chi connectivity index (χ4n) is 1.64. The lowest BCUT2D eigenvalue weighted by molar-refractivity contribution is 0.468. The average molecular weight is 317 g/mol. The number of thiophene rings is 1. The van der Waals surface area contributed by atoms with Crippen LogP contribution in [0.3, 0.4) is 0 Å². The highest BCUT2D eigenvalue weighted by molar-refractivity contribution is 7.89. The van der Waals surface area contributed by atoms with Crippen LogP contribution in [-0.4, -0.2) is 24.8 Å². The smallest absolute Gasteiger partial charge is 0.244 e. The number of sulfonamides is 1. The first-order valence-corrected chi connectivity index (χ1v) is 8.78. The maximum Gasteiger partial charge on any atom is 0.244 e. The van der Waals surface area contributed by atoms with Crippen molar-refractivity contribution in [3.8, 4) is 0 Å². The number of nitrogens with zero attached hydrogens (tertiary/aromatic N) is 2. The van der Waals surface area contributed by atoms with E-state index < -0.39 is 10.0 Å². The third-order valence-electron chi connectivity index (χ3n) is 2.79. The molecule has 0 fully saturated rings. The summed E-state index contributed by atoms with van der Waals surface area (Å²) in [5.41, 5.74) is 8.17. The Hall–Kier alpha value is -0.800. The lowest BCUT2D eigenvalue weighted by Gasteiger charge is -2.16. The van der Waals surface area contributed by atoms with Gasteiger partial charge in [-0.05, 0) is 18.4 Å². The van der Waals surface area contributed by atoms with Gasteiger partial charge in [-0.15, -0.1) is 22.7 Å². The van der Waals surface area contributed by atoms with E-state index in [4.69, 9.17) is 5.73 Å². The van der Waals surface area contributed by atoms with Gasteiger partial charge in [-0.2, -0.15) is 4.31 Å². The lowest BCUT2D eigenvalue weighted by atomic mass is 10.4. The zero-order chi connectivity index (χ0) is 14.0. The van der Waals surface area contributed by atoms with Gasteiger partial charge in [0.1, 0.15) is 0 Å². The topological polar surface area (TPSA) is 76.3 Å². The fraction of sp³-hybridized carbons (Fsp3) is 0.364. The van der Waals surface area contributed by atoms with Crippen molar-refractivity contribution in [2.45, 2.75) is 24.9 Å². The zero-order valence-corrected chi connectivity index (χ0v) is 13.1. The SMILES string of the molecule is Cc1ncsc1CN(C)S(=O)(=O)c1ccsc1CN. The first-order valence-electron chi connectivity index (χ1n) is 5.58. The molecule has 0 unspecified atom stereocenters. The lowest BCUT2D eigenvalue weighted by Crippen LogP contribution is -2.27. The number of rotatable bonds is 5. The molecule has 0 aliphatic carbocycles. The molecule has 2 rings (SSSR count). The number of aromatic nitrogens is 1. The molecule has 0 aromatic carbocycles. The highest BCUT2D eigenvalue weighted by atomic mass is 32.2. The minimum Gasteiger partial charge on any atom is -0.326 e.